The van der Waals surface area contributed by atoms with E-state index in [1.54, 1.807) is 0 Å². The van der Waals surface area contributed by atoms with Gasteiger partial charge in [0.1, 0.15) is 0 Å². The first kappa shape index (κ1) is 23.9. The molecule has 0 radical (unpaired) electrons. The SMILES string of the molecule is O=C(C[C@H]1CC[C@@H]2[C@H](COC[C@@H](O)CN2CC2CCOCC2)O1)NCc1ccc(Cl)cc1. The van der Waals surface area contributed by atoms with Gasteiger partial charge in [-0.15, -0.1) is 0 Å². The van der Waals surface area contributed by atoms with E-state index in [0.717, 1.165) is 51.0 Å². The number of β-amino-alcohol motifs (C(OH)–C–C–N with tert-alkyl or cyclic N) is 1. The van der Waals surface area contributed by atoms with E-state index >= 15 is 0 Å². The van der Waals surface area contributed by atoms with Gasteiger partial charge in [0.05, 0.1) is 37.9 Å². The standard InChI is InChI=1S/C24H35ClN2O5/c25-19-3-1-17(2-4-19)12-26-24(29)11-21-5-6-22-23(32-21)16-31-15-20(28)14-27(22)13-18-7-9-30-10-8-18/h1-4,18,20-23,28H,5-16H2,(H,26,29)/t20-,21+,22+,23-/m0/s1. The van der Waals surface area contributed by atoms with Crippen molar-refractivity contribution in [1.29, 1.82) is 0 Å². The molecule has 0 aromatic heterocycles. The van der Waals surface area contributed by atoms with Crippen LogP contribution in [0.15, 0.2) is 24.3 Å². The molecule has 3 aliphatic rings. The fraction of sp³-hybridized carbons (Fsp3) is 0.708. The monoisotopic (exact) mass is 466 g/mol. The molecule has 2 N–H and O–H groups in total. The molecule has 4 atom stereocenters. The van der Waals surface area contributed by atoms with Crippen molar-refractivity contribution < 1.29 is 24.1 Å². The lowest BCUT2D eigenvalue weighted by molar-refractivity contribution is -0.159. The van der Waals surface area contributed by atoms with E-state index < -0.39 is 6.10 Å². The van der Waals surface area contributed by atoms with Crippen molar-refractivity contribution in [3.8, 4) is 0 Å². The van der Waals surface area contributed by atoms with E-state index in [2.05, 4.69) is 10.2 Å². The first-order valence-corrected chi connectivity index (χ1v) is 12.2. The number of hydrogen-bond acceptors (Lipinski definition) is 6. The molecular formula is C24H35ClN2O5. The molecular weight excluding hydrogens is 432 g/mol. The highest BCUT2D eigenvalue weighted by Gasteiger charge is 2.38. The van der Waals surface area contributed by atoms with Crippen LogP contribution in [0.5, 0.6) is 0 Å². The van der Waals surface area contributed by atoms with Crippen molar-refractivity contribution in [3.63, 3.8) is 0 Å². The van der Waals surface area contributed by atoms with Gasteiger partial charge in [-0.25, -0.2) is 0 Å². The summed E-state index contributed by atoms with van der Waals surface area (Å²) in [6.07, 6.45) is 3.58. The third-order valence-corrected chi connectivity index (χ3v) is 6.99. The number of ether oxygens (including phenoxy) is 3. The largest absolute Gasteiger partial charge is 0.389 e. The minimum Gasteiger partial charge on any atom is -0.389 e. The Morgan fingerprint density at radius 2 is 1.88 bits per heavy atom. The summed E-state index contributed by atoms with van der Waals surface area (Å²) in [6.45, 7) is 4.46. The number of carbonyl (C=O) groups excluding carboxylic acids is 1. The number of rotatable bonds is 6. The van der Waals surface area contributed by atoms with Gasteiger partial charge in [0.25, 0.3) is 0 Å². The number of aliphatic hydroxyl groups is 1. The molecule has 3 aliphatic heterocycles. The Hall–Kier alpha value is -1.22. The van der Waals surface area contributed by atoms with Crippen molar-refractivity contribution >= 4 is 17.5 Å². The fourth-order valence-corrected chi connectivity index (χ4v) is 5.12. The number of hydrogen-bond donors (Lipinski definition) is 2. The molecule has 0 bridgehead atoms. The van der Waals surface area contributed by atoms with Gasteiger partial charge in [0.2, 0.25) is 5.91 Å². The van der Waals surface area contributed by atoms with Gasteiger partial charge in [0, 0.05) is 43.9 Å². The second-order valence-corrected chi connectivity index (χ2v) is 9.69. The summed E-state index contributed by atoms with van der Waals surface area (Å²) < 4.78 is 17.6. The van der Waals surface area contributed by atoms with Crippen LogP contribution in [0.1, 0.15) is 37.7 Å². The van der Waals surface area contributed by atoms with Crippen LogP contribution in [0.25, 0.3) is 0 Å². The van der Waals surface area contributed by atoms with Crippen molar-refractivity contribution in [2.45, 2.75) is 63.0 Å². The van der Waals surface area contributed by atoms with E-state index in [0.29, 0.717) is 43.7 Å². The summed E-state index contributed by atoms with van der Waals surface area (Å²) in [7, 11) is 0. The molecule has 7 nitrogen and oxygen atoms in total. The smallest absolute Gasteiger partial charge is 0.222 e. The molecule has 3 heterocycles. The zero-order valence-corrected chi connectivity index (χ0v) is 19.3. The van der Waals surface area contributed by atoms with E-state index in [-0.39, 0.29) is 24.2 Å². The molecule has 1 amide bonds. The third-order valence-electron chi connectivity index (χ3n) is 6.74. The Labute approximate surface area is 195 Å². The Morgan fingerprint density at radius 3 is 2.66 bits per heavy atom. The molecule has 32 heavy (non-hydrogen) atoms. The number of benzene rings is 1. The molecule has 0 spiro atoms. The molecule has 3 saturated heterocycles. The maximum absolute atomic E-state index is 12.5. The van der Waals surface area contributed by atoms with Crippen LogP contribution >= 0.6 is 11.6 Å². The van der Waals surface area contributed by atoms with Crippen molar-refractivity contribution in [3.05, 3.63) is 34.9 Å². The van der Waals surface area contributed by atoms with Gasteiger partial charge in [-0.05, 0) is 49.3 Å². The van der Waals surface area contributed by atoms with Gasteiger partial charge >= 0.3 is 0 Å². The number of aliphatic hydroxyl groups excluding tert-OH is 1. The minimum atomic E-state index is -0.479. The molecule has 0 unspecified atom stereocenters. The Kier molecular flexibility index (Phi) is 8.80. The van der Waals surface area contributed by atoms with Gasteiger partial charge in [-0.2, -0.15) is 0 Å². The highest BCUT2D eigenvalue weighted by molar-refractivity contribution is 6.30. The highest BCUT2D eigenvalue weighted by atomic mass is 35.5. The van der Waals surface area contributed by atoms with E-state index in [1.807, 2.05) is 24.3 Å². The van der Waals surface area contributed by atoms with Crippen molar-refractivity contribution in [2.75, 3.05) is 39.5 Å². The maximum Gasteiger partial charge on any atom is 0.222 e. The van der Waals surface area contributed by atoms with Gasteiger partial charge in [0.15, 0.2) is 0 Å². The Balaban J connectivity index is 1.29. The molecule has 0 aliphatic carbocycles. The normalized spacial score (nSPS) is 30.2. The number of nitrogens with one attached hydrogen (secondary N) is 1. The molecule has 0 saturated carbocycles. The van der Waals surface area contributed by atoms with E-state index in [9.17, 15) is 9.90 Å². The maximum atomic E-state index is 12.5. The molecule has 178 valence electrons. The summed E-state index contributed by atoms with van der Waals surface area (Å²) in [5, 5.41) is 14.0. The number of nitrogens with zero attached hydrogens (tertiary/aromatic N) is 1. The summed E-state index contributed by atoms with van der Waals surface area (Å²) in [5.74, 6) is 0.581. The average molecular weight is 467 g/mol. The van der Waals surface area contributed by atoms with Crippen LogP contribution in [0.3, 0.4) is 0 Å². The second kappa shape index (κ2) is 11.8. The predicted octanol–water partition coefficient (Wildman–Crippen LogP) is 2.38. The lowest BCUT2D eigenvalue weighted by atomic mass is 9.92. The second-order valence-electron chi connectivity index (χ2n) is 9.25. The topological polar surface area (TPSA) is 80.3 Å². The van der Waals surface area contributed by atoms with Crippen LogP contribution in [0.2, 0.25) is 5.02 Å². The predicted molar refractivity (Wildman–Crippen MR) is 122 cm³/mol. The zero-order valence-electron chi connectivity index (χ0n) is 18.6. The van der Waals surface area contributed by atoms with Crippen molar-refractivity contribution in [2.24, 2.45) is 5.92 Å². The lowest BCUT2D eigenvalue weighted by Crippen LogP contribution is -2.57. The van der Waals surface area contributed by atoms with Crippen LogP contribution in [0, 0.1) is 5.92 Å². The Morgan fingerprint density at radius 1 is 1.09 bits per heavy atom. The number of carbonyl (C=O) groups is 1. The lowest BCUT2D eigenvalue weighted by Gasteiger charge is -2.45. The first-order chi connectivity index (χ1) is 15.6. The van der Waals surface area contributed by atoms with Crippen LogP contribution < -0.4 is 5.32 Å². The average Bonchev–Trinajstić information content (AvgIpc) is 2.78. The van der Waals surface area contributed by atoms with Gasteiger partial charge < -0.3 is 24.6 Å². The molecule has 8 heteroatoms. The summed E-state index contributed by atoms with van der Waals surface area (Å²) in [6, 6.07) is 7.69. The van der Waals surface area contributed by atoms with Crippen LogP contribution in [0.4, 0.5) is 0 Å². The number of fused-ring (bicyclic) bond motifs is 1. The Bertz CT molecular complexity index is 728. The number of halogens is 1. The zero-order chi connectivity index (χ0) is 22.3. The fourth-order valence-electron chi connectivity index (χ4n) is 5.00. The molecule has 1 aromatic rings. The van der Waals surface area contributed by atoms with Crippen LogP contribution in [-0.2, 0) is 25.5 Å². The minimum absolute atomic E-state index is 0.00959. The summed E-state index contributed by atoms with van der Waals surface area (Å²) in [4.78, 5) is 14.9. The van der Waals surface area contributed by atoms with Crippen molar-refractivity contribution in [1.82, 2.24) is 10.2 Å². The molecule has 4 rings (SSSR count). The van der Waals surface area contributed by atoms with E-state index in [1.165, 1.54) is 0 Å². The van der Waals surface area contributed by atoms with E-state index in [4.69, 9.17) is 25.8 Å². The van der Waals surface area contributed by atoms with Gasteiger partial charge in [-0.1, -0.05) is 23.7 Å². The quantitative estimate of drug-likeness (QED) is 0.670. The molecule has 1 aromatic carbocycles. The first-order valence-electron chi connectivity index (χ1n) is 11.8. The molecule has 3 fully saturated rings. The van der Waals surface area contributed by atoms with Crippen LogP contribution in [-0.4, -0.2) is 79.8 Å². The third kappa shape index (κ3) is 6.89. The summed E-state index contributed by atoms with van der Waals surface area (Å²) in [5.41, 5.74) is 1.02. The summed E-state index contributed by atoms with van der Waals surface area (Å²) >= 11 is 5.92. The highest BCUT2D eigenvalue weighted by Crippen LogP contribution is 2.29. The van der Waals surface area contributed by atoms with Gasteiger partial charge in [-0.3, -0.25) is 9.69 Å². The number of amides is 1.